The van der Waals surface area contributed by atoms with Crippen molar-refractivity contribution >= 4 is 22.9 Å². The van der Waals surface area contributed by atoms with Crippen LogP contribution in [0.3, 0.4) is 0 Å². The number of carbonyl (C=O) groups excluding carboxylic acids is 2. The van der Waals surface area contributed by atoms with E-state index in [9.17, 15) is 14.0 Å². The lowest BCUT2D eigenvalue weighted by Gasteiger charge is -2.48. The van der Waals surface area contributed by atoms with Gasteiger partial charge in [0, 0.05) is 42.2 Å². The van der Waals surface area contributed by atoms with Gasteiger partial charge in [-0.3, -0.25) is 9.59 Å². The minimum atomic E-state index is -0.553. The first-order valence-electron chi connectivity index (χ1n) is 12.1. The Labute approximate surface area is 206 Å². The molecule has 6 nitrogen and oxygen atoms in total. The smallest absolute Gasteiger partial charge is 0.290 e. The Balaban J connectivity index is 1.67. The lowest BCUT2D eigenvalue weighted by molar-refractivity contribution is -0.143. The summed E-state index contributed by atoms with van der Waals surface area (Å²) in [6.45, 7) is 15.2. The molecular formula is C28H34FN3O3. The summed E-state index contributed by atoms with van der Waals surface area (Å²) in [6.07, 6.45) is 0. The predicted molar refractivity (Wildman–Crippen MR) is 135 cm³/mol. The van der Waals surface area contributed by atoms with Gasteiger partial charge in [-0.05, 0) is 50.1 Å². The summed E-state index contributed by atoms with van der Waals surface area (Å²) in [5, 5.41) is 0. The van der Waals surface area contributed by atoms with E-state index in [0.717, 1.165) is 11.1 Å². The summed E-state index contributed by atoms with van der Waals surface area (Å²) >= 11 is 0. The van der Waals surface area contributed by atoms with Crippen molar-refractivity contribution < 1.29 is 18.4 Å². The first-order valence-corrected chi connectivity index (χ1v) is 12.1. The molecule has 0 aliphatic carbocycles. The molecule has 3 heterocycles. The summed E-state index contributed by atoms with van der Waals surface area (Å²) in [5.74, 6) is -0.0667. The molecule has 0 unspecified atom stereocenters. The molecule has 0 bridgehead atoms. The van der Waals surface area contributed by atoms with Gasteiger partial charge in [-0.15, -0.1) is 0 Å². The zero-order chi connectivity index (χ0) is 25.7. The van der Waals surface area contributed by atoms with Crippen molar-refractivity contribution in [2.75, 3.05) is 19.6 Å². The minimum Gasteiger partial charge on any atom is -0.449 e. The third-order valence-electron chi connectivity index (χ3n) is 6.56. The van der Waals surface area contributed by atoms with Gasteiger partial charge in [-0.25, -0.2) is 9.37 Å². The molecule has 186 valence electrons. The molecule has 0 spiro atoms. The molecule has 2 amide bonds. The van der Waals surface area contributed by atoms with Gasteiger partial charge in [0.15, 0.2) is 11.3 Å². The normalized spacial score (nSPS) is 16.3. The van der Waals surface area contributed by atoms with Crippen LogP contribution >= 0.6 is 0 Å². The SMILES string of the molecule is CC(C)c1cc(-c2ccc(F)cc2)nc2cc(C(=O)N3CCN(C(=O)C(C)(C)C)CC3(C)C)oc12. The van der Waals surface area contributed by atoms with E-state index in [2.05, 4.69) is 13.8 Å². The van der Waals surface area contributed by atoms with Crippen molar-refractivity contribution in [2.45, 2.75) is 59.9 Å². The maximum Gasteiger partial charge on any atom is 0.290 e. The molecule has 0 atom stereocenters. The van der Waals surface area contributed by atoms with Crippen LogP contribution in [0.1, 0.15) is 70.5 Å². The number of pyridine rings is 1. The van der Waals surface area contributed by atoms with Gasteiger partial charge in [0.2, 0.25) is 5.91 Å². The van der Waals surface area contributed by atoms with E-state index in [-0.39, 0.29) is 29.3 Å². The van der Waals surface area contributed by atoms with Crippen LogP contribution in [0.25, 0.3) is 22.4 Å². The Kier molecular flexibility index (Phi) is 6.24. The van der Waals surface area contributed by atoms with E-state index in [1.807, 2.05) is 45.6 Å². The van der Waals surface area contributed by atoms with Crippen LogP contribution in [0.2, 0.25) is 0 Å². The van der Waals surface area contributed by atoms with E-state index in [0.29, 0.717) is 36.4 Å². The lowest BCUT2D eigenvalue weighted by atomic mass is 9.91. The van der Waals surface area contributed by atoms with Crippen LogP contribution in [-0.2, 0) is 4.79 Å². The second-order valence-corrected chi connectivity index (χ2v) is 11.3. The molecular weight excluding hydrogens is 445 g/mol. The Bertz CT molecular complexity index is 1270. The van der Waals surface area contributed by atoms with Gasteiger partial charge in [0.25, 0.3) is 5.91 Å². The summed E-state index contributed by atoms with van der Waals surface area (Å²) < 4.78 is 19.5. The van der Waals surface area contributed by atoms with Gasteiger partial charge in [0.1, 0.15) is 11.3 Å². The third-order valence-corrected chi connectivity index (χ3v) is 6.56. The zero-order valence-corrected chi connectivity index (χ0v) is 21.6. The molecule has 2 aromatic heterocycles. The van der Waals surface area contributed by atoms with Crippen molar-refractivity contribution in [1.82, 2.24) is 14.8 Å². The highest BCUT2D eigenvalue weighted by Crippen LogP contribution is 2.33. The van der Waals surface area contributed by atoms with Crippen molar-refractivity contribution in [3.63, 3.8) is 0 Å². The van der Waals surface area contributed by atoms with E-state index in [4.69, 9.17) is 9.40 Å². The number of furan rings is 1. The number of fused-ring (bicyclic) bond motifs is 1. The zero-order valence-electron chi connectivity index (χ0n) is 21.6. The maximum absolute atomic E-state index is 13.6. The standard InChI is InChI=1S/C28H34FN3O3/c1-17(2)20-14-21(18-8-10-19(29)11-9-18)30-22-15-23(35-24(20)22)25(33)32-13-12-31(16-28(32,6)7)26(34)27(3,4)5/h8-11,14-15,17H,12-13,16H2,1-7H3. The van der Waals surface area contributed by atoms with Crippen LogP contribution in [0.4, 0.5) is 4.39 Å². The molecule has 1 aliphatic heterocycles. The van der Waals surface area contributed by atoms with Gasteiger partial charge in [0.05, 0.1) is 11.2 Å². The van der Waals surface area contributed by atoms with Gasteiger partial charge < -0.3 is 14.2 Å². The fraction of sp³-hybridized carbons (Fsp3) is 0.464. The van der Waals surface area contributed by atoms with E-state index >= 15 is 0 Å². The summed E-state index contributed by atoms with van der Waals surface area (Å²) in [7, 11) is 0. The van der Waals surface area contributed by atoms with Crippen LogP contribution < -0.4 is 0 Å². The van der Waals surface area contributed by atoms with Crippen molar-refractivity contribution in [3.05, 3.63) is 53.5 Å². The van der Waals surface area contributed by atoms with Crippen LogP contribution in [0.15, 0.2) is 40.8 Å². The Morgan fingerprint density at radius 3 is 2.31 bits per heavy atom. The number of aromatic nitrogens is 1. The second kappa shape index (κ2) is 8.77. The van der Waals surface area contributed by atoms with Crippen molar-refractivity contribution in [2.24, 2.45) is 5.41 Å². The second-order valence-electron chi connectivity index (χ2n) is 11.3. The molecule has 0 saturated carbocycles. The highest BCUT2D eigenvalue weighted by molar-refractivity contribution is 5.97. The molecule has 0 radical (unpaired) electrons. The summed E-state index contributed by atoms with van der Waals surface area (Å²) in [4.78, 5) is 34.8. The Hall–Kier alpha value is -3.22. The molecule has 3 aromatic rings. The van der Waals surface area contributed by atoms with Gasteiger partial charge >= 0.3 is 0 Å². The third kappa shape index (κ3) is 4.81. The van der Waals surface area contributed by atoms with Gasteiger partial charge in [-0.2, -0.15) is 0 Å². The van der Waals surface area contributed by atoms with E-state index in [1.165, 1.54) is 12.1 Å². The average molecular weight is 480 g/mol. The van der Waals surface area contributed by atoms with Crippen molar-refractivity contribution in [1.29, 1.82) is 0 Å². The van der Waals surface area contributed by atoms with Gasteiger partial charge in [-0.1, -0.05) is 34.6 Å². The van der Waals surface area contributed by atoms with Crippen LogP contribution in [-0.4, -0.2) is 51.8 Å². The number of nitrogens with zero attached hydrogens (tertiary/aromatic N) is 3. The molecule has 0 N–H and O–H groups in total. The summed E-state index contributed by atoms with van der Waals surface area (Å²) in [6, 6.07) is 9.85. The number of piperazine rings is 1. The molecule has 1 fully saturated rings. The maximum atomic E-state index is 13.6. The predicted octanol–water partition coefficient (Wildman–Crippen LogP) is 5.87. The van der Waals surface area contributed by atoms with Crippen molar-refractivity contribution in [3.8, 4) is 11.3 Å². The number of hydrogen-bond acceptors (Lipinski definition) is 4. The molecule has 7 heteroatoms. The van der Waals surface area contributed by atoms with Crippen LogP contribution in [0, 0.1) is 11.2 Å². The molecule has 1 aromatic carbocycles. The highest BCUT2D eigenvalue weighted by Gasteiger charge is 2.41. The number of halogens is 1. The molecule has 1 saturated heterocycles. The number of benzene rings is 1. The topological polar surface area (TPSA) is 66.7 Å². The monoisotopic (exact) mass is 479 g/mol. The number of carbonyl (C=O) groups is 2. The fourth-order valence-electron chi connectivity index (χ4n) is 4.66. The van der Waals surface area contributed by atoms with E-state index in [1.54, 1.807) is 23.1 Å². The molecule has 35 heavy (non-hydrogen) atoms. The first kappa shape index (κ1) is 24.9. The lowest BCUT2D eigenvalue weighted by Crippen LogP contribution is -2.63. The summed E-state index contributed by atoms with van der Waals surface area (Å²) in [5.41, 5.74) is 2.60. The quantitative estimate of drug-likeness (QED) is 0.471. The fourth-order valence-corrected chi connectivity index (χ4v) is 4.66. The average Bonchev–Trinajstić information content (AvgIpc) is 3.20. The highest BCUT2D eigenvalue weighted by atomic mass is 19.1. The Morgan fingerprint density at radius 1 is 1.09 bits per heavy atom. The number of hydrogen-bond donors (Lipinski definition) is 0. The molecule has 4 rings (SSSR count). The minimum absolute atomic E-state index is 0.0838. The van der Waals surface area contributed by atoms with Crippen LogP contribution in [0.5, 0.6) is 0 Å². The first-order chi connectivity index (χ1) is 16.3. The van der Waals surface area contributed by atoms with E-state index < -0.39 is 11.0 Å². The number of amides is 2. The number of rotatable bonds is 3. The molecule has 1 aliphatic rings. The largest absolute Gasteiger partial charge is 0.449 e. The Morgan fingerprint density at radius 2 is 1.74 bits per heavy atom.